The van der Waals surface area contributed by atoms with Gasteiger partial charge in [0.1, 0.15) is 11.6 Å². The highest BCUT2D eigenvalue weighted by Crippen LogP contribution is 2.30. The molecule has 1 aliphatic heterocycles. The van der Waals surface area contributed by atoms with E-state index in [4.69, 9.17) is 0 Å². The third-order valence-electron chi connectivity index (χ3n) is 2.81. The number of hydrogen-bond donors (Lipinski definition) is 0. The second kappa shape index (κ2) is 3.59. The fraction of sp³-hybridized carbons (Fsp3) is 0.273. The third-order valence-corrected chi connectivity index (χ3v) is 3.54. The zero-order valence-electron chi connectivity index (χ0n) is 8.89. The van der Waals surface area contributed by atoms with E-state index in [0.29, 0.717) is 0 Å². The minimum absolute atomic E-state index is 0.890. The van der Waals surface area contributed by atoms with Crippen molar-refractivity contribution in [3.63, 3.8) is 0 Å². The third kappa shape index (κ3) is 1.35. The summed E-state index contributed by atoms with van der Waals surface area (Å²) in [5.41, 5.74) is 2.29. The lowest BCUT2D eigenvalue weighted by Crippen LogP contribution is -2.12. The maximum absolute atomic E-state index is 4.22. The maximum atomic E-state index is 4.22. The Kier molecular flexibility index (Phi) is 2.21. The Morgan fingerprint density at radius 3 is 2.75 bits per heavy atom. The Balaban J connectivity index is 2.31. The number of anilines is 1. The molecule has 1 aliphatic rings. The highest BCUT2D eigenvalue weighted by atomic mass is 79.9. The average Bonchev–Trinajstić information content (AvgIpc) is 2.60. The fourth-order valence-electron chi connectivity index (χ4n) is 2.06. The van der Waals surface area contributed by atoms with Crippen molar-refractivity contribution in [2.75, 3.05) is 10.5 Å². The first-order chi connectivity index (χ1) is 7.77. The topological polar surface area (TPSA) is 34.0 Å². The normalized spacial score (nSPS) is 14.2. The van der Waals surface area contributed by atoms with E-state index in [1.807, 2.05) is 19.1 Å². The lowest BCUT2D eigenvalue weighted by molar-refractivity contribution is 0.855. The molecule has 0 unspecified atom stereocenters. The van der Waals surface area contributed by atoms with Gasteiger partial charge in [-0.2, -0.15) is 0 Å². The molecule has 1 aromatic heterocycles. The predicted octanol–water partition coefficient (Wildman–Crippen LogP) is 2.25. The highest BCUT2D eigenvalue weighted by molar-refractivity contribution is 9.10. The van der Waals surface area contributed by atoms with Gasteiger partial charge in [0.05, 0.1) is 11.4 Å². The second-order valence-electron chi connectivity index (χ2n) is 3.82. The molecule has 0 atom stereocenters. The lowest BCUT2D eigenvalue weighted by Gasteiger charge is -2.16. The number of aromatic nitrogens is 3. The van der Waals surface area contributed by atoms with Crippen molar-refractivity contribution in [3.05, 3.63) is 35.9 Å². The Bertz CT molecular complexity index is 535. The molecule has 0 bridgehead atoms. The predicted molar refractivity (Wildman–Crippen MR) is 66.1 cm³/mol. The Morgan fingerprint density at radius 2 is 1.94 bits per heavy atom. The molecule has 3 rings (SSSR count). The van der Waals surface area contributed by atoms with Gasteiger partial charge < -0.3 is 3.93 Å². The second-order valence-corrected chi connectivity index (χ2v) is 4.68. The molecular weight excluding hydrogens is 268 g/mol. The number of fused-ring (bicyclic) bond motifs is 3. The van der Waals surface area contributed by atoms with Gasteiger partial charge in [0.2, 0.25) is 0 Å². The van der Waals surface area contributed by atoms with E-state index < -0.39 is 0 Å². The molecule has 5 heteroatoms. The number of hydrogen-bond acceptors (Lipinski definition) is 3. The summed E-state index contributed by atoms with van der Waals surface area (Å²) >= 11 is 3.58. The van der Waals surface area contributed by atoms with Crippen LogP contribution in [0.4, 0.5) is 5.69 Å². The molecular formula is C11H11BrN4. The van der Waals surface area contributed by atoms with Crippen molar-refractivity contribution in [1.29, 1.82) is 0 Å². The van der Waals surface area contributed by atoms with Crippen molar-refractivity contribution >= 4 is 21.8 Å². The summed E-state index contributed by atoms with van der Waals surface area (Å²) in [5, 5.41) is 8.36. The number of rotatable bonds is 0. The highest BCUT2D eigenvalue weighted by Gasteiger charge is 2.20. The van der Waals surface area contributed by atoms with E-state index in [2.05, 4.69) is 47.0 Å². The van der Waals surface area contributed by atoms with Gasteiger partial charge in [-0.05, 0) is 19.1 Å². The minimum Gasteiger partial charge on any atom is -0.306 e. The summed E-state index contributed by atoms with van der Waals surface area (Å²) in [5.74, 6) is 1.96. The molecule has 82 valence electrons. The maximum Gasteiger partial charge on any atom is 0.139 e. The lowest BCUT2D eigenvalue weighted by atomic mass is 10.2. The van der Waals surface area contributed by atoms with Crippen LogP contribution in [0.2, 0.25) is 0 Å². The van der Waals surface area contributed by atoms with Crippen LogP contribution in [0.5, 0.6) is 0 Å². The smallest absolute Gasteiger partial charge is 0.139 e. The van der Waals surface area contributed by atoms with Gasteiger partial charge in [-0.15, -0.1) is 10.2 Å². The largest absolute Gasteiger partial charge is 0.306 e. The van der Waals surface area contributed by atoms with Crippen LogP contribution in [0.15, 0.2) is 24.3 Å². The summed E-state index contributed by atoms with van der Waals surface area (Å²) < 4.78 is 4.20. The van der Waals surface area contributed by atoms with Crippen LogP contribution in [0.3, 0.4) is 0 Å². The molecule has 0 amide bonds. The molecule has 16 heavy (non-hydrogen) atoms. The molecule has 2 aromatic rings. The standard InChI is InChI=1S/C11H11BrN4/c1-8-13-14-11-6-7-15(12)9-4-2-3-5-10(9)16(8)11/h2-5H,6-7H2,1H3. The fourth-order valence-corrected chi connectivity index (χ4v) is 2.54. The number of aryl methyl sites for hydroxylation is 1. The van der Waals surface area contributed by atoms with E-state index >= 15 is 0 Å². The summed E-state index contributed by atoms with van der Waals surface area (Å²) in [7, 11) is 0. The molecule has 2 heterocycles. The minimum atomic E-state index is 0.890. The van der Waals surface area contributed by atoms with Crippen LogP contribution in [-0.4, -0.2) is 21.3 Å². The zero-order valence-corrected chi connectivity index (χ0v) is 10.5. The van der Waals surface area contributed by atoms with Gasteiger partial charge in [-0.3, -0.25) is 4.57 Å². The van der Waals surface area contributed by atoms with Crippen molar-refractivity contribution in [1.82, 2.24) is 14.8 Å². The van der Waals surface area contributed by atoms with Crippen LogP contribution >= 0.6 is 16.1 Å². The van der Waals surface area contributed by atoms with Crippen molar-refractivity contribution in [2.45, 2.75) is 13.3 Å². The first kappa shape index (κ1) is 9.84. The monoisotopic (exact) mass is 278 g/mol. The summed E-state index contributed by atoms with van der Waals surface area (Å²) in [6.45, 7) is 2.88. The Labute approximate surface area is 102 Å². The zero-order chi connectivity index (χ0) is 11.1. The quantitative estimate of drug-likeness (QED) is 0.694. The molecule has 0 aliphatic carbocycles. The first-order valence-electron chi connectivity index (χ1n) is 5.21. The molecule has 0 radical (unpaired) electrons. The van der Waals surface area contributed by atoms with E-state index in [1.54, 1.807) is 0 Å². The SMILES string of the molecule is Cc1nnc2n1-c1ccccc1N(Br)CC2. The van der Waals surface area contributed by atoms with E-state index in [9.17, 15) is 0 Å². The van der Waals surface area contributed by atoms with Gasteiger partial charge in [-0.25, -0.2) is 0 Å². The van der Waals surface area contributed by atoms with E-state index in [-0.39, 0.29) is 0 Å². The van der Waals surface area contributed by atoms with E-state index in [1.165, 1.54) is 0 Å². The van der Waals surface area contributed by atoms with Crippen LogP contribution in [0.1, 0.15) is 11.6 Å². The van der Waals surface area contributed by atoms with Crippen molar-refractivity contribution < 1.29 is 0 Å². The van der Waals surface area contributed by atoms with Crippen LogP contribution < -0.4 is 3.93 Å². The molecule has 0 spiro atoms. The number of para-hydroxylation sites is 2. The van der Waals surface area contributed by atoms with Gasteiger partial charge in [0.25, 0.3) is 0 Å². The number of nitrogens with zero attached hydrogens (tertiary/aromatic N) is 4. The van der Waals surface area contributed by atoms with Gasteiger partial charge in [-0.1, -0.05) is 12.1 Å². The molecule has 0 fully saturated rings. The summed E-state index contributed by atoms with van der Waals surface area (Å²) in [6.07, 6.45) is 0.890. The van der Waals surface area contributed by atoms with Crippen molar-refractivity contribution in [2.24, 2.45) is 0 Å². The van der Waals surface area contributed by atoms with Crippen molar-refractivity contribution in [3.8, 4) is 5.69 Å². The molecule has 1 aromatic carbocycles. The number of halogens is 1. The van der Waals surface area contributed by atoms with Crippen LogP contribution in [0.25, 0.3) is 5.69 Å². The molecule has 0 N–H and O–H groups in total. The average molecular weight is 279 g/mol. The molecule has 4 nitrogen and oxygen atoms in total. The first-order valence-corrected chi connectivity index (χ1v) is 5.92. The summed E-state index contributed by atoms with van der Waals surface area (Å²) in [4.78, 5) is 0. The van der Waals surface area contributed by atoms with Gasteiger partial charge >= 0.3 is 0 Å². The molecule has 0 saturated carbocycles. The van der Waals surface area contributed by atoms with Gasteiger partial charge in [0.15, 0.2) is 0 Å². The number of benzene rings is 1. The van der Waals surface area contributed by atoms with Gasteiger partial charge in [0, 0.05) is 29.1 Å². The summed E-state index contributed by atoms with van der Waals surface area (Å²) in [6, 6.07) is 8.26. The van der Waals surface area contributed by atoms with E-state index in [0.717, 1.165) is 36.0 Å². The van der Waals surface area contributed by atoms with Crippen LogP contribution in [-0.2, 0) is 6.42 Å². The Hall–Kier alpha value is -1.36. The Morgan fingerprint density at radius 1 is 1.19 bits per heavy atom. The van der Waals surface area contributed by atoms with Crippen LogP contribution in [0, 0.1) is 6.92 Å². The molecule has 0 saturated heterocycles.